The SMILES string of the molecule is CC1=NC(=O)SC1CCCN1CCN(c2ccccc2C#N)CC1.Cl. The fourth-order valence-corrected chi connectivity index (χ4v) is 4.22. The highest BCUT2D eigenvalue weighted by Crippen LogP contribution is 2.27. The molecular formula is C18H23ClN4OS. The molecule has 5 nitrogen and oxygen atoms in total. The van der Waals surface area contributed by atoms with E-state index in [1.165, 1.54) is 11.8 Å². The average Bonchev–Trinajstić information content (AvgIpc) is 2.93. The Morgan fingerprint density at radius 3 is 2.64 bits per heavy atom. The van der Waals surface area contributed by atoms with E-state index in [0.29, 0.717) is 0 Å². The zero-order valence-electron chi connectivity index (χ0n) is 14.4. The Kier molecular flexibility index (Phi) is 7.30. The van der Waals surface area contributed by atoms with E-state index in [-0.39, 0.29) is 22.9 Å². The molecule has 0 N–H and O–H groups in total. The van der Waals surface area contributed by atoms with Crippen LogP contribution in [0.25, 0.3) is 0 Å². The van der Waals surface area contributed by atoms with Gasteiger partial charge in [-0.2, -0.15) is 5.26 Å². The molecule has 1 unspecified atom stereocenters. The highest BCUT2D eigenvalue weighted by atomic mass is 35.5. The lowest BCUT2D eigenvalue weighted by atomic mass is 10.1. The van der Waals surface area contributed by atoms with Gasteiger partial charge in [0.2, 0.25) is 0 Å². The number of thioether (sulfide) groups is 1. The number of benzene rings is 1. The van der Waals surface area contributed by atoms with Crippen molar-refractivity contribution in [2.45, 2.75) is 25.0 Å². The summed E-state index contributed by atoms with van der Waals surface area (Å²) in [6, 6.07) is 10.1. The Morgan fingerprint density at radius 2 is 2.00 bits per heavy atom. The molecule has 134 valence electrons. The summed E-state index contributed by atoms with van der Waals surface area (Å²) in [5.74, 6) is 0. The van der Waals surface area contributed by atoms with Crippen molar-refractivity contribution in [1.82, 2.24) is 4.90 Å². The van der Waals surface area contributed by atoms with E-state index in [2.05, 4.69) is 20.9 Å². The third kappa shape index (κ3) is 4.97. The summed E-state index contributed by atoms with van der Waals surface area (Å²) in [5.41, 5.74) is 2.78. The van der Waals surface area contributed by atoms with Crippen molar-refractivity contribution in [3.05, 3.63) is 29.8 Å². The largest absolute Gasteiger partial charge is 0.368 e. The number of para-hydroxylation sites is 1. The number of halogens is 1. The number of piperazine rings is 1. The molecule has 1 fully saturated rings. The van der Waals surface area contributed by atoms with Crippen LogP contribution < -0.4 is 4.90 Å². The topological polar surface area (TPSA) is 59.7 Å². The second kappa shape index (κ2) is 9.23. The lowest BCUT2D eigenvalue weighted by Gasteiger charge is -2.36. The first kappa shape index (κ1) is 19.8. The van der Waals surface area contributed by atoms with Gasteiger partial charge in [-0.1, -0.05) is 23.9 Å². The smallest absolute Gasteiger partial charge is 0.305 e. The van der Waals surface area contributed by atoms with Crippen LogP contribution in [0.15, 0.2) is 29.3 Å². The molecule has 1 aromatic rings. The molecule has 1 saturated heterocycles. The summed E-state index contributed by atoms with van der Waals surface area (Å²) in [6.07, 6.45) is 2.11. The Bertz CT molecular complexity index is 680. The predicted octanol–water partition coefficient (Wildman–Crippen LogP) is 3.58. The van der Waals surface area contributed by atoms with Crippen molar-refractivity contribution >= 4 is 40.8 Å². The van der Waals surface area contributed by atoms with E-state index in [1.54, 1.807) is 0 Å². The van der Waals surface area contributed by atoms with Crippen LogP contribution in [0.1, 0.15) is 25.3 Å². The van der Waals surface area contributed by atoms with Crippen LogP contribution in [-0.2, 0) is 0 Å². The summed E-state index contributed by atoms with van der Waals surface area (Å²) >= 11 is 1.36. The number of rotatable bonds is 5. The maximum atomic E-state index is 11.3. The normalized spacial score (nSPS) is 20.8. The molecule has 1 amide bonds. The number of amides is 1. The van der Waals surface area contributed by atoms with E-state index in [9.17, 15) is 10.1 Å². The Labute approximate surface area is 159 Å². The van der Waals surface area contributed by atoms with Gasteiger partial charge in [-0.25, -0.2) is 4.99 Å². The first-order valence-electron chi connectivity index (χ1n) is 8.39. The molecule has 2 aliphatic heterocycles. The highest BCUT2D eigenvalue weighted by molar-refractivity contribution is 8.15. The van der Waals surface area contributed by atoms with Crippen molar-refractivity contribution in [3.63, 3.8) is 0 Å². The summed E-state index contributed by atoms with van der Waals surface area (Å²) < 4.78 is 0. The zero-order valence-corrected chi connectivity index (χ0v) is 16.0. The number of aliphatic imine (C=N–C) groups is 1. The third-order valence-electron chi connectivity index (χ3n) is 4.65. The van der Waals surface area contributed by atoms with Crippen molar-refractivity contribution < 1.29 is 4.79 Å². The number of hydrogen-bond acceptors (Lipinski definition) is 5. The molecule has 0 bridgehead atoms. The summed E-state index contributed by atoms with van der Waals surface area (Å²) in [7, 11) is 0. The van der Waals surface area contributed by atoms with Crippen molar-refractivity contribution in [3.8, 4) is 6.07 Å². The van der Waals surface area contributed by atoms with Crippen molar-refractivity contribution in [1.29, 1.82) is 5.26 Å². The second-order valence-electron chi connectivity index (χ2n) is 6.23. The maximum absolute atomic E-state index is 11.3. The second-order valence-corrected chi connectivity index (χ2v) is 7.38. The van der Waals surface area contributed by atoms with Gasteiger partial charge in [-0.15, -0.1) is 12.4 Å². The van der Waals surface area contributed by atoms with Crippen molar-refractivity contribution in [2.75, 3.05) is 37.6 Å². The van der Waals surface area contributed by atoms with Crippen molar-refractivity contribution in [2.24, 2.45) is 4.99 Å². The predicted molar refractivity (Wildman–Crippen MR) is 106 cm³/mol. The lowest BCUT2D eigenvalue weighted by molar-refractivity contribution is 0.254. The van der Waals surface area contributed by atoms with Gasteiger partial charge in [0.1, 0.15) is 6.07 Å². The molecule has 3 rings (SSSR count). The summed E-state index contributed by atoms with van der Waals surface area (Å²) in [4.78, 5) is 20.1. The lowest BCUT2D eigenvalue weighted by Crippen LogP contribution is -2.47. The van der Waals surface area contributed by atoms with E-state index in [1.807, 2.05) is 31.2 Å². The number of hydrogen-bond donors (Lipinski definition) is 0. The van der Waals surface area contributed by atoms with Gasteiger partial charge < -0.3 is 4.90 Å². The minimum atomic E-state index is -0.0396. The third-order valence-corrected chi connectivity index (χ3v) is 5.81. The van der Waals surface area contributed by atoms with E-state index in [0.717, 1.165) is 62.5 Å². The standard InChI is InChI=1S/C18H22N4OS.ClH/c1-14-17(24-18(23)20-14)7-4-8-21-9-11-22(12-10-21)16-6-3-2-5-15(16)13-19;/h2-3,5-6,17H,4,7-12H2,1H3;1H. The molecule has 0 aromatic heterocycles. The number of nitriles is 1. The van der Waals surface area contributed by atoms with Gasteiger partial charge in [-0.05, 0) is 38.4 Å². The summed E-state index contributed by atoms with van der Waals surface area (Å²) in [5, 5.41) is 9.48. The Balaban J connectivity index is 0.00000225. The molecule has 0 aliphatic carbocycles. The molecule has 1 atom stereocenters. The first-order valence-corrected chi connectivity index (χ1v) is 9.27. The average molecular weight is 379 g/mol. The number of carbonyl (C=O) groups is 1. The van der Waals surface area contributed by atoms with Crippen LogP contribution in [0, 0.1) is 11.3 Å². The molecule has 2 aliphatic rings. The molecule has 0 radical (unpaired) electrons. The van der Waals surface area contributed by atoms with Gasteiger partial charge >= 0.3 is 5.24 Å². The van der Waals surface area contributed by atoms with Gasteiger partial charge in [0.05, 0.1) is 16.5 Å². The van der Waals surface area contributed by atoms with Crippen LogP contribution in [0.5, 0.6) is 0 Å². The van der Waals surface area contributed by atoms with Crippen LogP contribution in [-0.4, -0.2) is 53.8 Å². The van der Waals surface area contributed by atoms with E-state index < -0.39 is 0 Å². The Morgan fingerprint density at radius 1 is 1.28 bits per heavy atom. The molecule has 0 saturated carbocycles. The molecule has 0 spiro atoms. The maximum Gasteiger partial charge on any atom is 0.305 e. The van der Waals surface area contributed by atoms with Gasteiger partial charge in [0, 0.05) is 31.9 Å². The van der Waals surface area contributed by atoms with Crippen LogP contribution in [0.4, 0.5) is 10.5 Å². The minimum Gasteiger partial charge on any atom is -0.368 e. The van der Waals surface area contributed by atoms with E-state index >= 15 is 0 Å². The summed E-state index contributed by atoms with van der Waals surface area (Å²) in [6.45, 7) is 6.96. The molecule has 7 heteroatoms. The Hall–Kier alpha value is -1.55. The van der Waals surface area contributed by atoms with Gasteiger partial charge in [-0.3, -0.25) is 9.69 Å². The van der Waals surface area contributed by atoms with Crippen LogP contribution in [0.3, 0.4) is 0 Å². The monoisotopic (exact) mass is 378 g/mol. The molecular weight excluding hydrogens is 356 g/mol. The zero-order chi connectivity index (χ0) is 16.9. The number of nitrogens with zero attached hydrogens (tertiary/aromatic N) is 4. The highest BCUT2D eigenvalue weighted by Gasteiger charge is 2.25. The molecule has 25 heavy (non-hydrogen) atoms. The van der Waals surface area contributed by atoms with E-state index in [4.69, 9.17) is 0 Å². The first-order chi connectivity index (χ1) is 11.7. The van der Waals surface area contributed by atoms with Gasteiger partial charge in [0.25, 0.3) is 0 Å². The minimum absolute atomic E-state index is 0. The number of anilines is 1. The quantitative estimate of drug-likeness (QED) is 0.783. The van der Waals surface area contributed by atoms with Crippen LogP contribution in [0.2, 0.25) is 0 Å². The number of carbonyl (C=O) groups excluding carboxylic acids is 1. The van der Waals surface area contributed by atoms with Gasteiger partial charge in [0.15, 0.2) is 0 Å². The fraction of sp³-hybridized carbons (Fsp3) is 0.500. The molecule has 2 heterocycles. The van der Waals surface area contributed by atoms with Crippen LogP contribution >= 0.6 is 24.2 Å². The molecule has 1 aromatic carbocycles. The fourth-order valence-electron chi connectivity index (χ4n) is 3.27.